The van der Waals surface area contributed by atoms with E-state index in [2.05, 4.69) is 10.3 Å². The second-order valence-corrected chi connectivity index (χ2v) is 10.7. The van der Waals surface area contributed by atoms with Crippen molar-refractivity contribution in [2.75, 3.05) is 0 Å². The Hall–Kier alpha value is -3.43. The van der Waals surface area contributed by atoms with Crippen molar-refractivity contribution in [3.05, 3.63) is 88.4 Å². The van der Waals surface area contributed by atoms with Crippen LogP contribution in [0.2, 0.25) is 0 Å². The van der Waals surface area contributed by atoms with Crippen molar-refractivity contribution in [3.63, 3.8) is 0 Å². The number of benzene rings is 2. The van der Waals surface area contributed by atoms with Gasteiger partial charge in [0.15, 0.2) is 0 Å². The summed E-state index contributed by atoms with van der Waals surface area (Å²) >= 11 is 1.38. The van der Waals surface area contributed by atoms with Crippen LogP contribution in [0.5, 0.6) is 0 Å². The van der Waals surface area contributed by atoms with Gasteiger partial charge in [-0.1, -0.05) is 81.4 Å². The highest BCUT2D eigenvalue weighted by Gasteiger charge is 2.43. The fourth-order valence-electron chi connectivity index (χ4n) is 4.25. The van der Waals surface area contributed by atoms with Gasteiger partial charge in [0.2, 0.25) is 0 Å². The highest BCUT2D eigenvalue weighted by molar-refractivity contribution is 7.09. The van der Waals surface area contributed by atoms with E-state index < -0.39 is 35.8 Å². The minimum absolute atomic E-state index is 0.0581. The molecule has 2 amide bonds. The molecular formula is C27H33N3O5S. The van der Waals surface area contributed by atoms with Crippen LogP contribution < -0.4 is 5.32 Å². The van der Waals surface area contributed by atoms with E-state index in [0.29, 0.717) is 0 Å². The largest absolute Gasteiger partial charge is 0.465 e. The molecule has 8 nitrogen and oxygen atoms in total. The summed E-state index contributed by atoms with van der Waals surface area (Å²) in [4.78, 5) is 31.5. The average Bonchev–Trinajstić information content (AvgIpc) is 3.35. The van der Waals surface area contributed by atoms with Crippen LogP contribution in [0.25, 0.3) is 0 Å². The molecule has 1 unspecified atom stereocenters. The summed E-state index contributed by atoms with van der Waals surface area (Å²) in [5.74, 6) is 0. The first-order valence-electron chi connectivity index (χ1n) is 11.7. The lowest BCUT2D eigenvalue weighted by Crippen LogP contribution is -2.60. The number of hydrogen-bond donors (Lipinski definition) is 3. The molecule has 0 spiro atoms. The molecule has 192 valence electrons. The Morgan fingerprint density at radius 3 is 2.19 bits per heavy atom. The smallest absolute Gasteiger partial charge is 0.410 e. The number of amides is 2. The van der Waals surface area contributed by atoms with E-state index in [1.165, 1.54) is 16.2 Å². The Bertz CT molecular complexity index is 1090. The summed E-state index contributed by atoms with van der Waals surface area (Å²) in [5, 5.41) is 23.7. The number of carbonyl (C=O) groups is 2. The first-order chi connectivity index (χ1) is 17.1. The zero-order chi connectivity index (χ0) is 26.1. The third-order valence-electron chi connectivity index (χ3n) is 5.82. The van der Waals surface area contributed by atoms with Crippen molar-refractivity contribution >= 4 is 23.5 Å². The van der Waals surface area contributed by atoms with Gasteiger partial charge in [-0.15, -0.1) is 11.3 Å². The number of carboxylic acid groups (broad SMARTS) is 1. The molecule has 3 atom stereocenters. The third-order valence-corrected chi connectivity index (χ3v) is 6.57. The SMILES string of the molecule is CC(C)(C)C([C@@H](O)[C@H](Cc1ccccc1)NC(=O)O)N(Cc1ccccc1)C(=O)OCc1cncs1. The number of thiazole rings is 1. The molecule has 3 aromatic rings. The van der Waals surface area contributed by atoms with Crippen LogP contribution in [-0.4, -0.2) is 50.5 Å². The maximum atomic E-state index is 13.5. The van der Waals surface area contributed by atoms with E-state index in [4.69, 9.17) is 4.74 Å². The zero-order valence-corrected chi connectivity index (χ0v) is 21.5. The van der Waals surface area contributed by atoms with Crippen molar-refractivity contribution in [2.24, 2.45) is 5.41 Å². The van der Waals surface area contributed by atoms with Gasteiger partial charge in [0.05, 0.1) is 28.6 Å². The lowest BCUT2D eigenvalue weighted by molar-refractivity contribution is -0.0311. The summed E-state index contributed by atoms with van der Waals surface area (Å²) < 4.78 is 5.64. The number of carbonyl (C=O) groups excluding carboxylic acids is 1. The van der Waals surface area contributed by atoms with Gasteiger partial charge in [-0.3, -0.25) is 9.88 Å². The Kier molecular flexibility index (Phi) is 9.44. The summed E-state index contributed by atoms with van der Waals surface area (Å²) in [6.07, 6.45) is -1.16. The van der Waals surface area contributed by atoms with Crippen molar-refractivity contribution in [1.82, 2.24) is 15.2 Å². The summed E-state index contributed by atoms with van der Waals surface area (Å²) in [6.45, 7) is 5.98. The highest BCUT2D eigenvalue weighted by atomic mass is 32.1. The lowest BCUT2D eigenvalue weighted by atomic mass is 9.79. The lowest BCUT2D eigenvalue weighted by Gasteiger charge is -2.44. The minimum Gasteiger partial charge on any atom is -0.465 e. The van der Waals surface area contributed by atoms with Crippen molar-refractivity contribution in [2.45, 2.75) is 58.5 Å². The molecule has 0 aliphatic heterocycles. The monoisotopic (exact) mass is 511 g/mol. The molecule has 36 heavy (non-hydrogen) atoms. The van der Waals surface area contributed by atoms with Gasteiger partial charge < -0.3 is 20.3 Å². The van der Waals surface area contributed by atoms with Crippen LogP contribution in [0.15, 0.2) is 72.4 Å². The van der Waals surface area contributed by atoms with E-state index in [9.17, 15) is 19.8 Å². The number of aromatic nitrogens is 1. The van der Waals surface area contributed by atoms with Crippen molar-refractivity contribution in [3.8, 4) is 0 Å². The van der Waals surface area contributed by atoms with Gasteiger partial charge in [0.1, 0.15) is 6.61 Å². The molecular weight excluding hydrogens is 478 g/mol. The molecule has 0 saturated heterocycles. The van der Waals surface area contributed by atoms with Gasteiger partial charge in [-0.05, 0) is 23.0 Å². The Morgan fingerprint density at radius 1 is 1.06 bits per heavy atom. The topological polar surface area (TPSA) is 112 Å². The van der Waals surface area contributed by atoms with Crippen LogP contribution in [-0.2, 0) is 24.3 Å². The molecule has 2 aromatic carbocycles. The van der Waals surface area contributed by atoms with Gasteiger partial charge >= 0.3 is 12.2 Å². The van der Waals surface area contributed by atoms with E-state index in [1.807, 2.05) is 81.4 Å². The van der Waals surface area contributed by atoms with Gasteiger partial charge in [-0.25, -0.2) is 9.59 Å². The molecule has 0 fully saturated rings. The molecule has 0 radical (unpaired) electrons. The molecule has 3 N–H and O–H groups in total. The van der Waals surface area contributed by atoms with E-state index >= 15 is 0 Å². The number of nitrogens with zero attached hydrogens (tertiary/aromatic N) is 2. The van der Waals surface area contributed by atoms with Crippen LogP contribution in [0, 0.1) is 5.41 Å². The molecule has 0 saturated carbocycles. The second-order valence-electron chi connectivity index (χ2n) is 9.68. The number of nitrogens with one attached hydrogen (secondary N) is 1. The first kappa shape index (κ1) is 27.2. The summed E-state index contributed by atoms with van der Waals surface area (Å²) in [7, 11) is 0. The maximum absolute atomic E-state index is 13.5. The average molecular weight is 512 g/mol. The molecule has 3 rings (SSSR count). The molecule has 1 aromatic heterocycles. The van der Waals surface area contributed by atoms with Gasteiger partial charge in [0.25, 0.3) is 0 Å². The Labute approximate surface area is 215 Å². The van der Waals surface area contributed by atoms with E-state index in [1.54, 1.807) is 11.7 Å². The fraction of sp³-hybridized carbons (Fsp3) is 0.370. The predicted molar refractivity (Wildman–Crippen MR) is 139 cm³/mol. The number of hydrogen-bond acceptors (Lipinski definition) is 6. The maximum Gasteiger partial charge on any atom is 0.410 e. The standard InChI is InChI=1S/C27H33N3O5S/c1-27(2,3)24(23(31)22(29-25(32)33)14-19-10-6-4-7-11-19)30(16-20-12-8-5-9-13-20)26(34)35-17-21-15-28-18-36-21/h4-13,15,18,22-24,29,31H,14,16-17H2,1-3H3,(H,32,33)/t22-,23-,24?/m0/s1. The third kappa shape index (κ3) is 7.79. The molecule has 9 heteroatoms. The van der Waals surface area contributed by atoms with E-state index in [0.717, 1.165) is 16.0 Å². The predicted octanol–water partition coefficient (Wildman–Crippen LogP) is 4.94. The number of rotatable bonds is 10. The quantitative estimate of drug-likeness (QED) is 0.356. The fourth-order valence-corrected chi connectivity index (χ4v) is 4.76. The summed E-state index contributed by atoms with van der Waals surface area (Å²) in [6, 6.07) is 17.1. The Balaban J connectivity index is 1.95. The zero-order valence-electron chi connectivity index (χ0n) is 20.7. The minimum atomic E-state index is -1.25. The molecule has 1 heterocycles. The molecule has 0 aliphatic carbocycles. The number of ether oxygens (including phenoxy) is 1. The molecule has 0 bridgehead atoms. The van der Waals surface area contributed by atoms with Crippen LogP contribution >= 0.6 is 11.3 Å². The summed E-state index contributed by atoms with van der Waals surface area (Å²) in [5.41, 5.74) is 2.77. The number of aliphatic hydroxyl groups is 1. The van der Waals surface area contributed by atoms with Crippen molar-refractivity contribution in [1.29, 1.82) is 0 Å². The van der Waals surface area contributed by atoms with Crippen molar-refractivity contribution < 1.29 is 24.5 Å². The highest BCUT2D eigenvalue weighted by Crippen LogP contribution is 2.31. The van der Waals surface area contributed by atoms with Crippen LogP contribution in [0.4, 0.5) is 9.59 Å². The van der Waals surface area contributed by atoms with Gasteiger partial charge in [-0.2, -0.15) is 0 Å². The van der Waals surface area contributed by atoms with Crippen LogP contribution in [0.3, 0.4) is 0 Å². The number of aliphatic hydroxyl groups excluding tert-OH is 1. The second kappa shape index (κ2) is 12.5. The van der Waals surface area contributed by atoms with E-state index in [-0.39, 0.29) is 19.6 Å². The van der Waals surface area contributed by atoms with Crippen LogP contribution in [0.1, 0.15) is 36.8 Å². The molecule has 0 aliphatic rings. The first-order valence-corrected chi connectivity index (χ1v) is 12.6. The van der Waals surface area contributed by atoms with Gasteiger partial charge in [0, 0.05) is 12.7 Å². The normalized spacial score (nSPS) is 13.9. The Morgan fingerprint density at radius 2 is 1.67 bits per heavy atom.